The number of rotatable bonds is 4. The van der Waals surface area contributed by atoms with E-state index in [2.05, 4.69) is 9.97 Å². The number of amides is 1. The van der Waals surface area contributed by atoms with Gasteiger partial charge in [-0.2, -0.15) is 0 Å². The van der Waals surface area contributed by atoms with Crippen LogP contribution in [0.5, 0.6) is 0 Å². The predicted octanol–water partition coefficient (Wildman–Crippen LogP) is 3.53. The zero-order valence-electron chi connectivity index (χ0n) is 14.3. The second kappa shape index (κ2) is 5.98. The topological polar surface area (TPSA) is 113 Å². The summed E-state index contributed by atoms with van der Waals surface area (Å²) in [6.45, 7) is 0. The van der Waals surface area contributed by atoms with Crippen molar-refractivity contribution in [3.8, 4) is 0 Å². The molecule has 0 saturated heterocycles. The molecule has 1 amide bonds. The zero-order valence-corrected chi connectivity index (χ0v) is 14.3. The van der Waals surface area contributed by atoms with E-state index in [0.29, 0.717) is 16.8 Å². The van der Waals surface area contributed by atoms with Gasteiger partial charge >= 0.3 is 0 Å². The van der Waals surface area contributed by atoms with Gasteiger partial charge in [-0.1, -0.05) is 12.1 Å². The maximum atomic E-state index is 13.0. The molecule has 8 nitrogen and oxygen atoms in total. The number of nitrogens with zero attached hydrogens (tertiary/aromatic N) is 2. The number of ketones is 1. The number of anilines is 1. The summed E-state index contributed by atoms with van der Waals surface area (Å²) in [4.78, 5) is 34.6. The Balaban J connectivity index is 1.67. The van der Waals surface area contributed by atoms with Crippen molar-refractivity contribution in [3.05, 3.63) is 83.9 Å². The third-order valence-electron chi connectivity index (χ3n) is 4.62. The van der Waals surface area contributed by atoms with E-state index >= 15 is 0 Å². The van der Waals surface area contributed by atoms with Crippen LogP contribution in [0.15, 0.2) is 81.2 Å². The van der Waals surface area contributed by atoms with Crippen LogP contribution in [0.4, 0.5) is 5.95 Å². The standard InChI is InChI=1S/C20H13N3O5/c24-17(14-8-4-10-28-14)15-16(13-7-3-9-27-13)23(19(26)18(15)25)20-21-11-5-1-2-6-12(11)22-20/h1-10,16,25H,(H,21,22). The largest absolute Gasteiger partial charge is 0.503 e. The number of furan rings is 2. The minimum atomic E-state index is -0.985. The number of aliphatic hydroxyl groups is 1. The lowest BCUT2D eigenvalue weighted by molar-refractivity contribution is -0.117. The Kier molecular flexibility index (Phi) is 3.45. The summed E-state index contributed by atoms with van der Waals surface area (Å²) in [5, 5.41) is 10.5. The molecule has 0 bridgehead atoms. The van der Waals surface area contributed by atoms with Gasteiger partial charge < -0.3 is 18.9 Å². The average molecular weight is 375 g/mol. The van der Waals surface area contributed by atoms with Gasteiger partial charge in [0.1, 0.15) is 11.8 Å². The number of aromatic nitrogens is 2. The summed E-state index contributed by atoms with van der Waals surface area (Å²) < 4.78 is 10.6. The number of imidazole rings is 1. The van der Waals surface area contributed by atoms with Gasteiger partial charge in [0.15, 0.2) is 11.5 Å². The van der Waals surface area contributed by atoms with Crippen molar-refractivity contribution in [1.82, 2.24) is 9.97 Å². The van der Waals surface area contributed by atoms with Crippen LogP contribution in [0.3, 0.4) is 0 Å². The number of Topliss-reactive ketones (excluding diaryl/α,β-unsaturated/α-hetero) is 1. The quantitative estimate of drug-likeness (QED) is 0.528. The van der Waals surface area contributed by atoms with Crippen LogP contribution in [-0.2, 0) is 4.79 Å². The first-order valence-corrected chi connectivity index (χ1v) is 8.48. The molecule has 2 N–H and O–H groups in total. The fourth-order valence-electron chi connectivity index (χ4n) is 3.37. The number of hydrogen-bond acceptors (Lipinski definition) is 6. The number of aliphatic hydroxyl groups excluding tert-OH is 1. The maximum Gasteiger partial charge on any atom is 0.296 e. The normalized spacial score (nSPS) is 17.1. The highest BCUT2D eigenvalue weighted by Gasteiger charge is 2.47. The number of aromatic amines is 1. The monoisotopic (exact) mass is 375 g/mol. The van der Waals surface area contributed by atoms with E-state index in [-0.39, 0.29) is 17.3 Å². The lowest BCUT2D eigenvalue weighted by Gasteiger charge is -2.21. The molecule has 5 rings (SSSR count). The number of para-hydroxylation sites is 2. The Morgan fingerprint density at radius 1 is 1.07 bits per heavy atom. The van der Waals surface area contributed by atoms with Crippen molar-refractivity contribution in [2.75, 3.05) is 4.90 Å². The second-order valence-corrected chi connectivity index (χ2v) is 6.24. The van der Waals surface area contributed by atoms with E-state index in [1.807, 2.05) is 18.2 Å². The molecule has 138 valence electrons. The molecule has 8 heteroatoms. The summed E-state index contributed by atoms with van der Waals surface area (Å²) in [5.74, 6) is -1.50. The summed E-state index contributed by atoms with van der Waals surface area (Å²) >= 11 is 0. The highest BCUT2D eigenvalue weighted by Crippen LogP contribution is 2.41. The van der Waals surface area contributed by atoms with Gasteiger partial charge in [0.2, 0.25) is 11.7 Å². The highest BCUT2D eigenvalue weighted by atomic mass is 16.3. The molecule has 1 aliphatic heterocycles. The van der Waals surface area contributed by atoms with E-state index in [9.17, 15) is 14.7 Å². The minimum absolute atomic E-state index is 0.0114. The molecule has 0 spiro atoms. The molecular weight excluding hydrogens is 362 g/mol. The first-order valence-electron chi connectivity index (χ1n) is 8.48. The average Bonchev–Trinajstić information content (AvgIpc) is 3.49. The molecule has 0 fully saturated rings. The van der Waals surface area contributed by atoms with Crippen LogP contribution in [0.25, 0.3) is 11.0 Å². The number of fused-ring (bicyclic) bond motifs is 1. The third-order valence-corrected chi connectivity index (χ3v) is 4.62. The molecule has 0 aliphatic carbocycles. The molecule has 1 aromatic carbocycles. The van der Waals surface area contributed by atoms with Crippen LogP contribution >= 0.6 is 0 Å². The van der Waals surface area contributed by atoms with E-state index in [1.165, 1.54) is 23.5 Å². The van der Waals surface area contributed by atoms with Crippen molar-refractivity contribution in [1.29, 1.82) is 0 Å². The van der Waals surface area contributed by atoms with Gasteiger partial charge in [-0.25, -0.2) is 4.98 Å². The van der Waals surface area contributed by atoms with Crippen molar-refractivity contribution in [2.45, 2.75) is 6.04 Å². The number of carbonyl (C=O) groups is 2. The van der Waals surface area contributed by atoms with Crippen molar-refractivity contribution in [3.63, 3.8) is 0 Å². The predicted molar refractivity (Wildman–Crippen MR) is 97.7 cm³/mol. The lowest BCUT2D eigenvalue weighted by atomic mass is 10.00. The van der Waals surface area contributed by atoms with Gasteiger partial charge in [-0.05, 0) is 36.4 Å². The first-order chi connectivity index (χ1) is 13.6. The molecule has 3 aromatic heterocycles. The minimum Gasteiger partial charge on any atom is -0.503 e. The zero-order chi connectivity index (χ0) is 19.3. The van der Waals surface area contributed by atoms with Crippen molar-refractivity contribution >= 4 is 28.7 Å². The number of H-pyrrole nitrogens is 1. The lowest BCUT2D eigenvalue weighted by Crippen LogP contribution is -2.31. The molecule has 0 radical (unpaired) electrons. The van der Waals surface area contributed by atoms with Crippen LogP contribution < -0.4 is 4.90 Å². The van der Waals surface area contributed by atoms with E-state index in [1.54, 1.807) is 24.3 Å². The van der Waals surface area contributed by atoms with E-state index in [0.717, 1.165) is 0 Å². The number of benzene rings is 1. The van der Waals surface area contributed by atoms with E-state index in [4.69, 9.17) is 8.83 Å². The second-order valence-electron chi connectivity index (χ2n) is 6.24. The van der Waals surface area contributed by atoms with Crippen LogP contribution in [0.2, 0.25) is 0 Å². The number of nitrogens with one attached hydrogen (secondary N) is 1. The Morgan fingerprint density at radius 2 is 1.86 bits per heavy atom. The Hall–Kier alpha value is -4.07. The molecule has 1 aliphatic rings. The van der Waals surface area contributed by atoms with Gasteiger partial charge in [0, 0.05) is 0 Å². The van der Waals surface area contributed by atoms with Gasteiger partial charge in [0.25, 0.3) is 5.91 Å². The molecule has 4 aromatic rings. The maximum absolute atomic E-state index is 13.0. The van der Waals surface area contributed by atoms with E-state index < -0.39 is 23.5 Å². The Morgan fingerprint density at radius 3 is 2.57 bits per heavy atom. The summed E-state index contributed by atoms with van der Waals surface area (Å²) in [6.07, 6.45) is 2.78. The van der Waals surface area contributed by atoms with Gasteiger partial charge in [-0.3, -0.25) is 14.5 Å². The van der Waals surface area contributed by atoms with Gasteiger partial charge in [-0.15, -0.1) is 0 Å². The number of hydrogen-bond donors (Lipinski definition) is 2. The molecule has 1 unspecified atom stereocenters. The van der Waals surface area contributed by atoms with Crippen molar-refractivity contribution in [2.24, 2.45) is 0 Å². The fourth-order valence-corrected chi connectivity index (χ4v) is 3.37. The first kappa shape index (κ1) is 16.1. The highest BCUT2D eigenvalue weighted by molar-refractivity contribution is 6.19. The Labute approximate surface area is 157 Å². The Bertz CT molecular complexity index is 1190. The molecule has 4 heterocycles. The summed E-state index contributed by atoms with van der Waals surface area (Å²) in [5.41, 5.74) is 1.23. The van der Waals surface area contributed by atoms with Crippen LogP contribution in [0.1, 0.15) is 22.4 Å². The van der Waals surface area contributed by atoms with Crippen LogP contribution in [-0.4, -0.2) is 26.8 Å². The number of carbonyl (C=O) groups excluding carboxylic acids is 2. The smallest absolute Gasteiger partial charge is 0.296 e. The molecule has 0 saturated carbocycles. The SMILES string of the molecule is O=C(C1=C(O)C(=O)N(c2nc3ccccc3[nH]2)C1c1ccco1)c1ccco1. The molecule has 1 atom stereocenters. The van der Waals surface area contributed by atoms with Gasteiger partial charge in [0.05, 0.1) is 29.1 Å². The molecule has 28 heavy (non-hydrogen) atoms. The van der Waals surface area contributed by atoms with Crippen LogP contribution in [0, 0.1) is 0 Å². The van der Waals surface area contributed by atoms with Crippen molar-refractivity contribution < 1.29 is 23.5 Å². The third kappa shape index (κ3) is 2.28. The summed E-state index contributed by atoms with van der Waals surface area (Å²) in [7, 11) is 0. The summed E-state index contributed by atoms with van der Waals surface area (Å²) in [6, 6.07) is 12.6. The fraction of sp³-hybridized carbons (Fsp3) is 0.0500. The molecular formula is C20H13N3O5.